The first-order valence-corrected chi connectivity index (χ1v) is 15.1. The summed E-state index contributed by atoms with van der Waals surface area (Å²) in [5.74, 6) is -0.160. The molecule has 3 unspecified atom stereocenters. The van der Waals surface area contributed by atoms with Crippen LogP contribution in [0.5, 0.6) is 0 Å². The second-order valence-electron chi connectivity index (χ2n) is 7.88. The Morgan fingerprint density at radius 2 is 1.84 bits per heavy atom. The monoisotopic (exact) mass is 578 g/mol. The van der Waals surface area contributed by atoms with E-state index in [1.165, 1.54) is 23.0 Å². The molecule has 0 radical (unpaired) electrons. The molecule has 4 rings (SSSR count). The third kappa shape index (κ3) is 5.25. The first-order valence-electron chi connectivity index (χ1n) is 10.2. The predicted molar refractivity (Wildman–Crippen MR) is 120 cm³/mol. The van der Waals surface area contributed by atoms with Gasteiger partial charge in [0.25, 0.3) is 5.56 Å². The number of hydrogen-bond acceptors (Lipinski definition) is 12. The number of nitrogens with two attached hydrogens (primary N) is 1. The van der Waals surface area contributed by atoms with Gasteiger partial charge >= 0.3 is 5.40 Å². The second kappa shape index (κ2) is 9.64. The molecular weight excluding hydrogens is 561 g/mol. The van der Waals surface area contributed by atoms with E-state index in [0.717, 1.165) is 24.3 Å². The lowest BCUT2D eigenvalue weighted by Gasteiger charge is -2.42. The summed E-state index contributed by atoms with van der Waals surface area (Å²) < 4.78 is 75.6. The van der Waals surface area contributed by atoms with E-state index >= 15 is 0 Å². The van der Waals surface area contributed by atoms with Crippen LogP contribution in [0.1, 0.15) is 12.5 Å². The van der Waals surface area contributed by atoms with Crippen molar-refractivity contribution in [3.05, 3.63) is 59.2 Å². The SMILES string of the molecule is Nc1nc2c(ncn2[C@@H]2C=C[C@H](OCP(=O)([O-])OP(=O)([O-])C(F)(F)P(=O)([O-])c3ccccc3)C2)c(=O)[nH]1. The molecule has 37 heavy (non-hydrogen) atoms. The van der Waals surface area contributed by atoms with Crippen molar-refractivity contribution in [2.24, 2.45) is 0 Å². The first-order chi connectivity index (χ1) is 17.1. The molecule has 3 aromatic rings. The van der Waals surface area contributed by atoms with Gasteiger partial charge in [-0.2, -0.15) is 13.8 Å². The number of halogens is 2. The van der Waals surface area contributed by atoms with Crippen LogP contribution in [0.3, 0.4) is 0 Å². The van der Waals surface area contributed by atoms with E-state index in [1.54, 1.807) is 6.08 Å². The first kappa shape index (κ1) is 27.5. The van der Waals surface area contributed by atoms with Gasteiger partial charge in [-0.3, -0.25) is 14.1 Å². The summed E-state index contributed by atoms with van der Waals surface area (Å²) in [4.78, 5) is 58.6. The maximum absolute atomic E-state index is 14.5. The lowest BCUT2D eigenvalue weighted by atomic mass is 10.2. The summed E-state index contributed by atoms with van der Waals surface area (Å²) in [6.45, 7) is 0. The van der Waals surface area contributed by atoms with Gasteiger partial charge in [-0.15, -0.1) is 0 Å². The Hall–Kier alpha value is -2.54. The number of nitrogens with zero attached hydrogens (tertiary/aromatic N) is 3. The van der Waals surface area contributed by atoms with E-state index in [9.17, 15) is 42.0 Å². The Labute approximate surface area is 206 Å². The molecular formula is C18H17F2N5O9P3-3. The zero-order valence-corrected chi connectivity index (χ0v) is 21.1. The van der Waals surface area contributed by atoms with Crippen LogP contribution in [0.25, 0.3) is 11.2 Å². The largest absolute Gasteiger partial charge is 0.791 e. The average molecular weight is 578 g/mol. The third-order valence-corrected chi connectivity index (χ3v) is 11.5. The number of H-pyrrole nitrogens is 1. The number of aromatic nitrogens is 4. The van der Waals surface area contributed by atoms with Crippen LogP contribution in [0.2, 0.25) is 0 Å². The topological polar surface area (TPSA) is 228 Å². The number of rotatable bonds is 9. The van der Waals surface area contributed by atoms with Gasteiger partial charge < -0.3 is 43.4 Å². The molecule has 5 atom stereocenters. The molecule has 0 saturated heterocycles. The van der Waals surface area contributed by atoms with Crippen molar-refractivity contribution in [1.82, 2.24) is 19.5 Å². The van der Waals surface area contributed by atoms with Gasteiger partial charge in [-0.25, -0.2) is 4.98 Å². The van der Waals surface area contributed by atoms with E-state index < -0.39 is 57.3 Å². The summed E-state index contributed by atoms with van der Waals surface area (Å²) in [7, 11) is -18.7. The van der Waals surface area contributed by atoms with E-state index in [-0.39, 0.29) is 23.5 Å². The van der Waals surface area contributed by atoms with Crippen LogP contribution >= 0.6 is 22.6 Å². The Kier molecular flexibility index (Phi) is 7.17. The minimum absolute atomic E-state index is 0.00252. The van der Waals surface area contributed by atoms with Crippen LogP contribution in [-0.4, -0.2) is 37.4 Å². The van der Waals surface area contributed by atoms with Crippen molar-refractivity contribution in [2.75, 3.05) is 12.1 Å². The number of nitrogens with one attached hydrogen (secondary N) is 1. The Balaban J connectivity index is 1.42. The highest BCUT2D eigenvalue weighted by atomic mass is 31.3. The molecule has 1 aliphatic rings. The highest BCUT2D eigenvalue weighted by Crippen LogP contribution is 2.74. The lowest BCUT2D eigenvalue weighted by molar-refractivity contribution is -0.231. The molecule has 0 bridgehead atoms. The van der Waals surface area contributed by atoms with Gasteiger partial charge in [0.1, 0.15) is 13.7 Å². The number of hydrogen-bond donors (Lipinski definition) is 2. The van der Waals surface area contributed by atoms with Crippen molar-refractivity contribution < 1.29 is 46.2 Å². The van der Waals surface area contributed by atoms with Crippen LogP contribution in [0, 0.1) is 0 Å². The van der Waals surface area contributed by atoms with Gasteiger partial charge in [0.2, 0.25) is 13.5 Å². The average Bonchev–Trinajstić information content (AvgIpc) is 3.44. The Morgan fingerprint density at radius 3 is 2.51 bits per heavy atom. The molecule has 1 aliphatic carbocycles. The summed E-state index contributed by atoms with van der Waals surface area (Å²) >= 11 is 0. The van der Waals surface area contributed by atoms with Crippen molar-refractivity contribution in [3.8, 4) is 0 Å². The molecule has 1 aromatic carbocycles. The highest BCUT2D eigenvalue weighted by Gasteiger charge is 2.54. The maximum atomic E-state index is 14.5. The molecule has 0 spiro atoms. The molecule has 2 heterocycles. The van der Waals surface area contributed by atoms with Gasteiger partial charge in [0.15, 0.2) is 18.8 Å². The lowest BCUT2D eigenvalue weighted by Crippen LogP contribution is -2.35. The Bertz CT molecular complexity index is 1560. The number of anilines is 1. The molecule has 0 fully saturated rings. The van der Waals surface area contributed by atoms with Gasteiger partial charge in [-0.05, 0) is 0 Å². The van der Waals surface area contributed by atoms with Crippen molar-refractivity contribution in [3.63, 3.8) is 0 Å². The van der Waals surface area contributed by atoms with Crippen molar-refractivity contribution in [2.45, 2.75) is 24.0 Å². The minimum Gasteiger partial charge on any atom is -0.791 e. The number of allylic oxidation sites excluding steroid dienone is 1. The molecule has 200 valence electrons. The van der Waals surface area contributed by atoms with Crippen molar-refractivity contribution >= 4 is 45.0 Å². The molecule has 19 heteroatoms. The van der Waals surface area contributed by atoms with E-state index in [0.29, 0.717) is 0 Å². The van der Waals surface area contributed by atoms with Crippen LogP contribution in [0.4, 0.5) is 14.7 Å². The number of alkyl halides is 2. The summed E-state index contributed by atoms with van der Waals surface area (Å²) in [5, 5.41) is -6.58. The zero-order valence-electron chi connectivity index (χ0n) is 18.4. The number of nitrogen functional groups attached to an aromatic ring is 1. The van der Waals surface area contributed by atoms with Gasteiger partial charge in [0, 0.05) is 11.7 Å². The molecule has 3 N–H and O–H groups in total. The summed E-state index contributed by atoms with van der Waals surface area (Å²) in [6, 6.07) is 4.40. The highest BCUT2D eigenvalue weighted by molar-refractivity contribution is 7.80. The van der Waals surface area contributed by atoms with Crippen LogP contribution in [-0.2, 0) is 22.7 Å². The number of benzene rings is 1. The number of fused-ring (bicyclic) bond motifs is 1. The molecule has 0 aliphatic heterocycles. The molecule has 14 nitrogen and oxygen atoms in total. The van der Waals surface area contributed by atoms with Crippen LogP contribution in [0.15, 0.2) is 53.6 Å². The molecule has 0 amide bonds. The summed E-state index contributed by atoms with van der Waals surface area (Å²) in [6.07, 6.45) is 1.92. The number of imidazole rings is 1. The zero-order chi connectivity index (χ0) is 27.2. The number of ether oxygens (including phenoxy) is 1. The fourth-order valence-electron chi connectivity index (χ4n) is 3.53. The van der Waals surface area contributed by atoms with E-state index in [4.69, 9.17) is 10.5 Å². The fraction of sp³-hybridized carbons (Fsp3) is 0.278. The predicted octanol–water partition coefficient (Wildman–Crippen LogP) is 0.183. The fourth-order valence-corrected chi connectivity index (χ4v) is 8.63. The third-order valence-electron chi connectivity index (χ3n) is 5.29. The minimum atomic E-state index is -6.85. The summed E-state index contributed by atoms with van der Waals surface area (Å²) in [5.41, 5.74) is 5.12. The Morgan fingerprint density at radius 1 is 1.16 bits per heavy atom. The van der Waals surface area contributed by atoms with Crippen molar-refractivity contribution in [1.29, 1.82) is 0 Å². The standard InChI is InChI=1S/C18H20F2N5O9P3/c19-18(20,36(29,30)13-4-2-1-3-5-13)37(31,32)34-35(27,28)10-33-12-7-6-11(8-12)25-9-22-14-15(25)23-17(21)24-16(14)26/h1-7,9,11-12H,8,10H2,(H,27,28)(H,29,30)(H,31,32)(H3,21,23,24,26)/p-3/t11-,12+/m1/s1. The molecule has 0 saturated carbocycles. The van der Waals surface area contributed by atoms with Gasteiger partial charge in [0.05, 0.1) is 18.5 Å². The number of aromatic amines is 1. The van der Waals surface area contributed by atoms with E-state index in [1.807, 2.05) is 0 Å². The maximum Gasteiger partial charge on any atom is 0.349 e. The quantitative estimate of drug-likeness (QED) is 0.256. The van der Waals surface area contributed by atoms with Gasteiger partial charge in [-0.1, -0.05) is 42.5 Å². The normalized spacial score (nSPS) is 22.9. The van der Waals surface area contributed by atoms with Crippen LogP contribution < -0.4 is 31.3 Å². The second-order valence-corrected chi connectivity index (χ2v) is 14.1. The molecule has 2 aromatic heterocycles. The smallest absolute Gasteiger partial charge is 0.349 e. The van der Waals surface area contributed by atoms with E-state index in [2.05, 4.69) is 19.3 Å².